The van der Waals surface area contributed by atoms with Gasteiger partial charge in [0, 0.05) is 11.8 Å². The fourth-order valence-electron chi connectivity index (χ4n) is 3.12. The number of nitrogens with one attached hydrogen (secondary N) is 1. The second-order valence-electron chi connectivity index (χ2n) is 6.95. The van der Waals surface area contributed by atoms with Crippen LogP contribution in [0.2, 0.25) is 10.0 Å². The van der Waals surface area contributed by atoms with Crippen LogP contribution in [0.4, 0.5) is 5.82 Å². The minimum atomic E-state index is -0.161. The maximum absolute atomic E-state index is 12.6. The summed E-state index contributed by atoms with van der Waals surface area (Å²) in [7, 11) is 0. The molecule has 0 fully saturated rings. The zero-order valence-corrected chi connectivity index (χ0v) is 19.3. The van der Waals surface area contributed by atoms with E-state index in [1.165, 1.54) is 0 Å². The van der Waals surface area contributed by atoms with Crippen LogP contribution in [0.1, 0.15) is 30.7 Å². The highest BCUT2D eigenvalue weighted by atomic mass is 35.5. The number of ether oxygens (including phenoxy) is 2. The third-order valence-corrected chi connectivity index (χ3v) is 5.28. The quantitative estimate of drug-likeness (QED) is 0.455. The van der Waals surface area contributed by atoms with Gasteiger partial charge in [-0.2, -0.15) is 5.10 Å². The Kier molecular flexibility index (Phi) is 7.82. The Balaban J connectivity index is 1.66. The van der Waals surface area contributed by atoms with E-state index in [4.69, 9.17) is 32.7 Å². The highest BCUT2D eigenvalue weighted by Gasteiger charge is 2.12. The summed E-state index contributed by atoms with van der Waals surface area (Å²) in [5.74, 6) is 1.64. The monoisotopic (exact) mass is 461 g/mol. The van der Waals surface area contributed by atoms with Crippen molar-refractivity contribution in [3.63, 3.8) is 0 Å². The molecule has 0 unspecified atom stereocenters. The van der Waals surface area contributed by atoms with Crippen LogP contribution in [0.25, 0.3) is 0 Å². The van der Waals surface area contributed by atoms with Gasteiger partial charge in [0.25, 0.3) is 0 Å². The van der Waals surface area contributed by atoms with E-state index in [0.29, 0.717) is 47.1 Å². The molecule has 0 radical (unpaired) electrons. The Morgan fingerprint density at radius 3 is 2.39 bits per heavy atom. The van der Waals surface area contributed by atoms with Crippen molar-refractivity contribution in [2.24, 2.45) is 0 Å². The molecular formula is C23H25Cl2N3O3. The lowest BCUT2D eigenvalue weighted by atomic mass is 10.1. The van der Waals surface area contributed by atoms with Gasteiger partial charge in [0.2, 0.25) is 5.91 Å². The van der Waals surface area contributed by atoms with Gasteiger partial charge in [-0.1, -0.05) is 35.3 Å². The first-order valence-electron chi connectivity index (χ1n) is 10.1. The summed E-state index contributed by atoms with van der Waals surface area (Å²) in [6.07, 6.45) is 0.200. The lowest BCUT2D eigenvalue weighted by Crippen LogP contribution is -2.15. The van der Waals surface area contributed by atoms with Crippen molar-refractivity contribution in [3.8, 4) is 11.5 Å². The average Bonchev–Trinajstić information content (AvgIpc) is 3.05. The van der Waals surface area contributed by atoms with Crippen molar-refractivity contribution in [2.75, 3.05) is 18.5 Å². The number of carbonyl (C=O) groups is 1. The van der Waals surface area contributed by atoms with Crippen LogP contribution >= 0.6 is 23.2 Å². The van der Waals surface area contributed by atoms with Gasteiger partial charge in [0.15, 0.2) is 17.3 Å². The molecule has 8 heteroatoms. The smallest absolute Gasteiger partial charge is 0.229 e. The molecule has 0 aliphatic rings. The molecular weight excluding hydrogens is 437 g/mol. The van der Waals surface area contributed by atoms with E-state index in [9.17, 15) is 4.79 Å². The Bertz CT molecular complexity index is 1070. The number of aryl methyl sites for hydroxylation is 1. The molecule has 3 aromatic rings. The van der Waals surface area contributed by atoms with Gasteiger partial charge in [0.1, 0.15) is 0 Å². The standard InChI is InChI=1S/C23H25Cl2N3O3/c1-4-30-20-9-7-16(12-21(20)31-5-2)13-23(29)26-22-10-15(3)28(27-22)14-17-6-8-18(24)19(25)11-17/h6-12H,4-5,13-14H2,1-3H3,(H,26,27,29). The second kappa shape index (κ2) is 10.6. The van der Waals surface area contributed by atoms with E-state index in [1.807, 2.05) is 57.2 Å². The lowest BCUT2D eigenvalue weighted by Gasteiger charge is -2.12. The summed E-state index contributed by atoms with van der Waals surface area (Å²) < 4.78 is 13.0. The highest BCUT2D eigenvalue weighted by molar-refractivity contribution is 6.42. The largest absolute Gasteiger partial charge is 0.490 e. The van der Waals surface area contributed by atoms with Gasteiger partial charge in [-0.15, -0.1) is 0 Å². The highest BCUT2D eigenvalue weighted by Crippen LogP contribution is 2.29. The van der Waals surface area contributed by atoms with Gasteiger partial charge in [-0.05, 0) is 56.2 Å². The number of hydrogen-bond acceptors (Lipinski definition) is 4. The van der Waals surface area contributed by atoms with Crippen molar-refractivity contribution in [2.45, 2.75) is 33.7 Å². The van der Waals surface area contributed by atoms with Crippen molar-refractivity contribution in [3.05, 3.63) is 69.3 Å². The van der Waals surface area contributed by atoms with Crippen molar-refractivity contribution in [1.82, 2.24) is 9.78 Å². The number of benzene rings is 2. The number of amides is 1. The molecule has 164 valence electrons. The maximum atomic E-state index is 12.6. The molecule has 0 bridgehead atoms. The molecule has 1 amide bonds. The van der Waals surface area contributed by atoms with Gasteiger partial charge in [-0.25, -0.2) is 0 Å². The summed E-state index contributed by atoms with van der Waals surface area (Å²) in [5.41, 5.74) is 2.72. The second-order valence-corrected chi connectivity index (χ2v) is 7.76. The number of nitrogens with zero attached hydrogens (tertiary/aromatic N) is 2. The number of aromatic nitrogens is 2. The molecule has 3 rings (SSSR count). The third kappa shape index (κ3) is 6.15. The predicted molar refractivity (Wildman–Crippen MR) is 124 cm³/mol. The maximum Gasteiger partial charge on any atom is 0.229 e. The van der Waals surface area contributed by atoms with Gasteiger partial charge >= 0.3 is 0 Å². The lowest BCUT2D eigenvalue weighted by molar-refractivity contribution is -0.115. The molecule has 31 heavy (non-hydrogen) atoms. The van der Waals surface area contributed by atoms with E-state index in [-0.39, 0.29) is 12.3 Å². The van der Waals surface area contributed by atoms with Crippen molar-refractivity contribution in [1.29, 1.82) is 0 Å². The molecule has 0 aliphatic heterocycles. The van der Waals surface area contributed by atoms with Crippen molar-refractivity contribution < 1.29 is 14.3 Å². The summed E-state index contributed by atoms with van der Waals surface area (Å²) in [4.78, 5) is 12.6. The van der Waals surface area contributed by atoms with Crippen LogP contribution in [-0.2, 0) is 17.8 Å². The van der Waals surface area contributed by atoms with Crippen LogP contribution in [0.5, 0.6) is 11.5 Å². The minimum Gasteiger partial charge on any atom is -0.490 e. The zero-order valence-electron chi connectivity index (χ0n) is 17.7. The van der Waals surface area contributed by atoms with Crippen LogP contribution in [-0.4, -0.2) is 28.9 Å². The molecule has 2 aromatic carbocycles. The van der Waals surface area contributed by atoms with E-state index >= 15 is 0 Å². The van der Waals surface area contributed by atoms with Crippen molar-refractivity contribution >= 4 is 34.9 Å². The molecule has 1 aromatic heterocycles. The number of rotatable bonds is 9. The third-order valence-electron chi connectivity index (χ3n) is 4.54. The predicted octanol–water partition coefficient (Wildman–Crippen LogP) is 5.53. The Morgan fingerprint density at radius 2 is 1.68 bits per heavy atom. The van der Waals surface area contributed by atoms with E-state index in [1.54, 1.807) is 10.7 Å². The minimum absolute atomic E-state index is 0.161. The Hall–Kier alpha value is -2.70. The first kappa shape index (κ1) is 23.0. The summed E-state index contributed by atoms with van der Waals surface area (Å²) in [6.45, 7) is 7.34. The topological polar surface area (TPSA) is 65.4 Å². The zero-order chi connectivity index (χ0) is 22.4. The normalized spacial score (nSPS) is 10.7. The van der Waals surface area contributed by atoms with Crippen LogP contribution in [0.3, 0.4) is 0 Å². The molecule has 0 saturated heterocycles. The van der Waals surface area contributed by atoms with Crippen LogP contribution < -0.4 is 14.8 Å². The molecule has 0 aliphatic carbocycles. The van der Waals surface area contributed by atoms with Gasteiger partial charge in [0.05, 0.1) is 36.2 Å². The van der Waals surface area contributed by atoms with Crippen LogP contribution in [0, 0.1) is 6.92 Å². The first-order chi connectivity index (χ1) is 14.9. The number of anilines is 1. The molecule has 0 saturated carbocycles. The molecule has 0 spiro atoms. The summed E-state index contributed by atoms with van der Waals surface area (Å²) in [5, 5.41) is 8.36. The summed E-state index contributed by atoms with van der Waals surface area (Å²) >= 11 is 12.1. The molecule has 1 N–H and O–H groups in total. The number of hydrogen-bond donors (Lipinski definition) is 1. The number of halogens is 2. The van der Waals surface area contributed by atoms with E-state index in [2.05, 4.69) is 10.4 Å². The van der Waals surface area contributed by atoms with E-state index in [0.717, 1.165) is 16.8 Å². The SMILES string of the molecule is CCOc1ccc(CC(=O)Nc2cc(C)n(Cc3ccc(Cl)c(Cl)c3)n2)cc1OCC. The first-order valence-corrected chi connectivity index (χ1v) is 10.8. The molecule has 0 atom stereocenters. The van der Waals surface area contributed by atoms with Gasteiger partial charge < -0.3 is 14.8 Å². The van der Waals surface area contributed by atoms with Crippen LogP contribution in [0.15, 0.2) is 42.5 Å². The summed E-state index contributed by atoms with van der Waals surface area (Å²) in [6, 6.07) is 12.8. The Morgan fingerprint density at radius 1 is 0.968 bits per heavy atom. The fraction of sp³-hybridized carbons (Fsp3) is 0.304. The Labute approximate surface area is 192 Å². The molecule has 6 nitrogen and oxygen atoms in total. The fourth-order valence-corrected chi connectivity index (χ4v) is 3.44. The van der Waals surface area contributed by atoms with Gasteiger partial charge in [-0.3, -0.25) is 9.48 Å². The average molecular weight is 462 g/mol. The van der Waals surface area contributed by atoms with E-state index < -0.39 is 0 Å². The number of carbonyl (C=O) groups excluding carboxylic acids is 1. The molecule has 1 heterocycles.